The van der Waals surface area contributed by atoms with Crippen molar-refractivity contribution in [3.8, 4) is 0 Å². The minimum absolute atomic E-state index is 0.0476. The molecule has 1 aliphatic carbocycles. The monoisotopic (exact) mass is 407 g/mol. The lowest BCUT2D eigenvalue weighted by Crippen LogP contribution is -2.47. The van der Waals surface area contributed by atoms with E-state index in [1.807, 2.05) is 31.7 Å². The maximum absolute atomic E-state index is 12.9. The van der Waals surface area contributed by atoms with E-state index in [2.05, 4.69) is 28.9 Å². The molecule has 0 saturated heterocycles. The highest BCUT2D eigenvalue weighted by Gasteiger charge is 2.32. The molecule has 2 atom stereocenters. The lowest BCUT2D eigenvalue weighted by atomic mass is 9.80. The topological polar surface area (TPSA) is 46.5 Å². The van der Waals surface area contributed by atoms with Crippen molar-refractivity contribution in [3.63, 3.8) is 0 Å². The molecule has 0 bridgehead atoms. The average Bonchev–Trinajstić information content (AvgIpc) is 2.68. The number of rotatable bonds is 7. The molecule has 1 aromatic rings. The highest BCUT2D eigenvalue weighted by molar-refractivity contribution is 7.95. The van der Waals surface area contributed by atoms with Gasteiger partial charge in [-0.15, -0.1) is 0 Å². The van der Waals surface area contributed by atoms with Crippen LogP contribution in [0.5, 0.6) is 0 Å². The van der Waals surface area contributed by atoms with E-state index in [1.54, 1.807) is 12.1 Å². The fraction of sp³-hybridized carbons (Fsp3) is 0.773. The van der Waals surface area contributed by atoms with Crippen molar-refractivity contribution in [1.82, 2.24) is 13.6 Å². The van der Waals surface area contributed by atoms with Gasteiger partial charge in [0, 0.05) is 29.4 Å². The summed E-state index contributed by atoms with van der Waals surface area (Å²) >= 11 is 1.60. The molecule has 0 amide bonds. The van der Waals surface area contributed by atoms with Gasteiger partial charge >= 0.3 is 0 Å². The van der Waals surface area contributed by atoms with E-state index in [9.17, 15) is 4.79 Å². The number of hydrogen-bond donors (Lipinski definition) is 1. The third kappa shape index (κ3) is 5.21. The van der Waals surface area contributed by atoms with Gasteiger partial charge in [-0.3, -0.25) is 4.79 Å². The van der Waals surface area contributed by atoms with Crippen molar-refractivity contribution in [1.29, 1.82) is 0 Å². The van der Waals surface area contributed by atoms with Crippen molar-refractivity contribution < 1.29 is 4.74 Å². The van der Waals surface area contributed by atoms with Crippen LogP contribution in [-0.2, 0) is 11.2 Å². The van der Waals surface area contributed by atoms with Gasteiger partial charge in [0.05, 0.1) is 18.8 Å². The van der Waals surface area contributed by atoms with E-state index < -0.39 is 0 Å². The molecule has 1 aliphatic heterocycles. The van der Waals surface area contributed by atoms with E-state index in [0.717, 1.165) is 48.8 Å². The zero-order chi connectivity index (χ0) is 20.3. The number of pyridine rings is 1. The summed E-state index contributed by atoms with van der Waals surface area (Å²) in [5, 5.41) is 0. The number of hydrogen-bond acceptors (Lipinski definition) is 5. The van der Waals surface area contributed by atoms with Crippen molar-refractivity contribution >= 4 is 12.1 Å². The quantitative estimate of drug-likeness (QED) is 0.693. The molecule has 0 spiro atoms. The summed E-state index contributed by atoms with van der Waals surface area (Å²) in [5.41, 5.74) is 2.09. The minimum Gasteiger partial charge on any atom is -0.376 e. The van der Waals surface area contributed by atoms with Gasteiger partial charge in [-0.25, -0.2) is 9.03 Å². The molecule has 1 aromatic heterocycles. The fourth-order valence-electron chi connectivity index (χ4n) is 4.59. The molecule has 0 aromatic carbocycles. The van der Waals surface area contributed by atoms with Gasteiger partial charge < -0.3 is 9.30 Å². The number of fused-ring (bicyclic) bond motifs is 1. The molecule has 2 heterocycles. The van der Waals surface area contributed by atoms with E-state index in [1.165, 1.54) is 12.8 Å². The lowest BCUT2D eigenvalue weighted by Gasteiger charge is -2.37. The second kappa shape index (κ2) is 9.79. The normalized spacial score (nSPS) is 28.0. The zero-order valence-electron chi connectivity index (χ0n) is 18.1. The molecule has 3 rings (SSSR count). The highest BCUT2D eigenvalue weighted by atomic mass is 32.2. The Labute approximate surface area is 174 Å². The van der Waals surface area contributed by atoms with Gasteiger partial charge in [0.2, 0.25) is 0 Å². The summed E-state index contributed by atoms with van der Waals surface area (Å²) < 4.78 is 14.0. The summed E-state index contributed by atoms with van der Waals surface area (Å²) in [4.78, 5) is 12.9. The number of nitrogens with one attached hydrogen (secondary N) is 1. The molecule has 28 heavy (non-hydrogen) atoms. The molecule has 2 unspecified atom stereocenters. The van der Waals surface area contributed by atoms with Crippen LogP contribution in [0.25, 0.3) is 0 Å². The van der Waals surface area contributed by atoms with E-state index in [0.29, 0.717) is 12.7 Å². The van der Waals surface area contributed by atoms with Crippen LogP contribution < -0.4 is 10.3 Å². The largest absolute Gasteiger partial charge is 0.376 e. The second-order valence-electron chi connectivity index (χ2n) is 9.03. The van der Waals surface area contributed by atoms with Gasteiger partial charge in [0.15, 0.2) is 0 Å². The molecular formula is C22H37N3O2S. The summed E-state index contributed by atoms with van der Waals surface area (Å²) in [6.45, 7) is 7.18. The van der Waals surface area contributed by atoms with Gasteiger partial charge in [-0.05, 0) is 77.4 Å². The van der Waals surface area contributed by atoms with E-state index >= 15 is 0 Å². The minimum atomic E-state index is 0.0476. The Morgan fingerprint density at radius 1 is 1.21 bits per heavy atom. The first kappa shape index (κ1) is 21.9. The SMILES string of the molecule is Cc1ccc2n(c1=O)C(COC1CCC(C(C)C)CC1)C(NSN(C)C)CC2. The van der Waals surface area contributed by atoms with Crippen molar-refractivity contribution in [2.75, 3.05) is 20.7 Å². The molecule has 1 saturated carbocycles. The fourth-order valence-corrected chi connectivity index (χ4v) is 5.22. The summed E-state index contributed by atoms with van der Waals surface area (Å²) in [5.74, 6) is 1.61. The third-order valence-electron chi connectivity index (χ3n) is 6.45. The smallest absolute Gasteiger partial charge is 0.254 e. The van der Waals surface area contributed by atoms with Gasteiger partial charge in [0.1, 0.15) is 0 Å². The van der Waals surface area contributed by atoms with Gasteiger partial charge in [-0.2, -0.15) is 0 Å². The summed E-state index contributed by atoms with van der Waals surface area (Å²) in [7, 11) is 4.06. The van der Waals surface area contributed by atoms with Crippen LogP contribution in [-0.4, -0.2) is 41.7 Å². The molecule has 0 radical (unpaired) electrons. The van der Waals surface area contributed by atoms with E-state index in [-0.39, 0.29) is 17.6 Å². The van der Waals surface area contributed by atoms with Crippen LogP contribution in [0.3, 0.4) is 0 Å². The predicted octanol–water partition coefficient (Wildman–Crippen LogP) is 3.96. The average molecular weight is 408 g/mol. The van der Waals surface area contributed by atoms with Crippen molar-refractivity contribution in [2.24, 2.45) is 11.8 Å². The molecule has 2 aliphatic rings. The number of ether oxygens (including phenoxy) is 1. The number of aryl methyl sites for hydroxylation is 2. The lowest BCUT2D eigenvalue weighted by molar-refractivity contribution is -0.0102. The third-order valence-corrected chi connectivity index (χ3v) is 7.22. The predicted molar refractivity (Wildman–Crippen MR) is 118 cm³/mol. The van der Waals surface area contributed by atoms with Crippen molar-refractivity contribution in [2.45, 2.75) is 77.5 Å². The Bertz CT molecular complexity index is 696. The molecule has 6 heteroatoms. The molecule has 5 nitrogen and oxygen atoms in total. The Hall–Kier alpha value is -0.820. The molecule has 158 valence electrons. The van der Waals surface area contributed by atoms with Crippen LogP contribution in [0.15, 0.2) is 16.9 Å². The molecule has 1 N–H and O–H groups in total. The van der Waals surface area contributed by atoms with Crippen LogP contribution in [0.2, 0.25) is 0 Å². The van der Waals surface area contributed by atoms with Crippen molar-refractivity contribution in [3.05, 3.63) is 33.7 Å². The van der Waals surface area contributed by atoms with Gasteiger partial charge in [-0.1, -0.05) is 19.9 Å². The first-order chi connectivity index (χ1) is 13.4. The maximum Gasteiger partial charge on any atom is 0.254 e. The molecular weight excluding hydrogens is 370 g/mol. The zero-order valence-corrected chi connectivity index (χ0v) is 18.9. The Balaban J connectivity index is 1.71. The Morgan fingerprint density at radius 2 is 1.93 bits per heavy atom. The molecule has 1 fully saturated rings. The summed E-state index contributed by atoms with van der Waals surface area (Å²) in [6, 6.07) is 4.35. The van der Waals surface area contributed by atoms with Crippen LogP contribution in [0.1, 0.15) is 63.3 Å². The first-order valence-electron chi connectivity index (χ1n) is 10.8. The van der Waals surface area contributed by atoms with Crippen LogP contribution in [0, 0.1) is 18.8 Å². The van der Waals surface area contributed by atoms with Gasteiger partial charge in [0.25, 0.3) is 5.56 Å². The summed E-state index contributed by atoms with van der Waals surface area (Å²) in [6.07, 6.45) is 7.12. The van der Waals surface area contributed by atoms with Crippen LogP contribution >= 0.6 is 12.1 Å². The van der Waals surface area contributed by atoms with E-state index in [4.69, 9.17) is 4.74 Å². The first-order valence-corrected chi connectivity index (χ1v) is 11.6. The maximum atomic E-state index is 12.9. The number of aromatic nitrogens is 1. The highest BCUT2D eigenvalue weighted by Crippen LogP contribution is 2.32. The Morgan fingerprint density at radius 3 is 2.57 bits per heavy atom. The Kier molecular flexibility index (Phi) is 7.65. The standard InChI is InChI=1S/C22H37N3O2S/c1-15(2)17-7-11-19(12-8-17)27-14-21-20(23-28-24(4)5)13-10-18-9-6-16(3)22(26)25(18)21/h6,9,15,17,19-21,23H,7-8,10-14H2,1-5H3. The second-order valence-corrected chi connectivity index (χ2v) is 10.2. The van der Waals surface area contributed by atoms with Crippen LogP contribution in [0.4, 0.5) is 0 Å². The number of nitrogens with zero attached hydrogens (tertiary/aromatic N) is 2.